The maximum atomic E-state index is 6.47. The summed E-state index contributed by atoms with van der Waals surface area (Å²) in [6.45, 7) is 7.41. The van der Waals surface area contributed by atoms with Crippen molar-refractivity contribution in [2.45, 2.75) is 26.2 Å². The van der Waals surface area contributed by atoms with Crippen LogP contribution in [-0.2, 0) is 5.41 Å². The number of ether oxygens (including phenoxy) is 2. The summed E-state index contributed by atoms with van der Waals surface area (Å²) in [5.74, 6) is 3.81. The lowest BCUT2D eigenvalue weighted by Gasteiger charge is -2.25. The highest BCUT2D eigenvalue weighted by atomic mass is 16.5. The van der Waals surface area contributed by atoms with Crippen molar-refractivity contribution in [1.82, 2.24) is 14.5 Å². The highest BCUT2D eigenvalue weighted by Gasteiger charge is 2.25. The molecule has 3 heterocycles. The Hall–Kier alpha value is -5.23. The van der Waals surface area contributed by atoms with E-state index in [9.17, 15) is 0 Å². The summed E-state index contributed by atoms with van der Waals surface area (Å²) in [6.07, 6.45) is 3.96. The first-order valence-electron chi connectivity index (χ1n) is 14.5. The number of hydrogen-bond acceptors (Lipinski definition) is 5. The SMILES string of the molecule is CN1CN(c2cc(Oc3cccc(Oc4ccccn4)c3)cc(C(C)(C)C)c2)C=C1n1c2ccccc2c2ccccc21. The molecular formula is C37H34N4O2. The van der Waals surface area contributed by atoms with Crippen molar-refractivity contribution in [1.29, 1.82) is 0 Å². The average molecular weight is 567 g/mol. The van der Waals surface area contributed by atoms with Crippen LogP contribution in [0.15, 0.2) is 122 Å². The van der Waals surface area contributed by atoms with Crippen LogP contribution in [0, 0.1) is 0 Å². The van der Waals surface area contributed by atoms with Crippen LogP contribution in [0.5, 0.6) is 23.1 Å². The van der Waals surface area contributed by atoms with Crippen LogP contribution >= 0.6 is 0 Å². The molecule has 6 aromatic rings. The lowest BCUT2D eigenvalue weighted by atomic mass is 9.86. The van der Waals surface area contributed by atoms with Crippen molar-refractivity contribution >= 4 is 33.3 Å². The van der Waals surface area contributed by atoms with Gasteiger partial charge in [0, 0.05) is 54.1 Å². The van der Waals surface area contributed by atoms with Gasteiger partial charge in [-0.2, -0.15) is 0 Å². The Bertz CT molecular complexity index is 1920. The van der Waals surface area contributed by atoms with Gasteiger partial charge in [0.2, 0.25) is 5.88 Å². The number of benzene rings is 4. The van der Waals surface area contributed by atoms with Gasteiger partial charge < -0.3 is 19.3 Å². The van der Waals surface area contributed by atoms with E-state index in [1.54, 1.807) is 6.20 Å². The van der Waals surface area contributed by atoms with Gasteiger partial charge in [0.05, 0.1) is 17.7 Å². The van der Waals surface area contributed by atoms with E-state index in [4.69, 9.17) is 9.47 Å². The first kappa shape index (κ1) is 26.7. The van der Waals surface area contributed by atoms with Crippen molar-refractivity contribution in [2.75, 3.05) is 18.6 Å². The van der Waals surface area contributed by atoms with Crippen LogP contribution < -0.4 is 14.4 Å². The molecule has 0 bridgehead atoms. The fraction of sp³-hybridized carbons (Fsp3) is 0.162. The molecule has 0 N–H and O–H groups in total. The Balaban J connectivity index is 1.25. The molecule has 7 rings (SSSR count). The van der Waals surface area contributed by atoms with E-state index in [1.165, 1.54) is 27.4 Å². The Morgan fingerprint density at radius 1 is 0.674 bits per heavy atom. The van der Waals surface area contributed by atoms with Gasteiger partial charge in [-0.1, -0.05) is 69.3 Å². The van der Waals surface area contributed by atoms with E-state index < -0.39 is 0 Å². The first-order chi connectivity index (χ1) is 20.8. The highest BCUT2D eigenvalue weighted by Crippen LogP contribution is 2.38. The van der Waals surface area contributed by atoms with Gasteiger partial charge >= 0.3 is 0 Å². The Morgan fingerprint density at radius 3 is 2.02 bits per heavy atom. The van der Waals surface area contributed by atoms with Crippen LogP contribution in [0.4, 0.5) is 5.69 Å². The molecule has 0 aliphatic carbocycles. The van der Waals surface area contributed by atoms with E-state index in [2.05, 4.69) is 120 Å². The molecule has 0 spiro atoms. The second kappa shape index (κ2) is 10.6. The topological polar surface area (TPSA) is 42.8 Å². The summed E-state index contributed by atoms with van der Waals surface area (Å²) in [4.78, 5) is 8.85. The standard InChI is InChI=1S/C37H34N4O2/c1-37(2,3)26-20-27(22-30(21-26)42-28-12-11-13-29(23-28)43-35-18-9-10-19-38-35)40-24-36(39(4)25-40)41-33-16-7-5-14-31(33)32-15-6-8-17-34(32)41/h5-24H,25H2,1-4H3. The zero-order chi connectivity index (χ0) is 29.6. The number of nitrogens with zero attached hydrogens (tertiary/aromatic N) is 4. The molecule has 0 atom stereocenters. The normalized spacial score (nSPS) is 13.5. The Labute approximate surface area is 252 Å². The molecule has 0 saturated carbocycles. The second-order valence-corrected chi connectivity index (χ2v) is 12.0. The molecule has 2 aromatic heterocycles. The molecule has 4 aromatic carbocycles. The van der Waals surface area contributed by atoms with Crippen molar-refractivity contribution in [2.24, 2.45) is 0 Å². The van der Waals surface area contributed by atoms with Gasteiger partial charge in [-0.25, -0.2) is 4.98 Å². The Morgan fingerprint density at radius 2 is 1.35 bits per heavy atom. The zero-order valence-electron chi connectivity index (χ0n) is 24.9. The summed E-state index contributed by atoms with van der Waals surface area (Å²) < 4.78 is 14.8. The second-order valence-electron chi connectivity index (χ2n) is 12.0. The van der Waals surface area contributed by atoms with Crippen LogP contribution in [0.1, 0.15) is 26.3 Å². The minimum Gasteiger partial charge on any atom is -0.457 e. The summed E-state index contributed by atoms with van der Waals surface area (Å²) in [6, 6.07) is 37.0. The summed E-state index contributed by atoms with van der Waals surface area (Å²) in [5, 5.41) is 2.51. The minimum absolute atomic E-state index is 0.0664. The molecule has 0 amide bonds. The van der Waals surface area contributed by atoms with Crippen LogP contribution in [-0.4, -0.2) is 28.2 Å². The Kier molecular flexibility index (Phi) is 6.54. The summed E-state index contributed by atoms with van der Waals surface area (Å²) >= 11 is 0. The third kappa shape index (κ3) is 5.17. The van der Waals surface area contributed by atoms with E-state index in [-0.39, 0.29) is 5.41 Å². The number of rotatable bonds is 6. The predicted molar refractivity (Wildman–Crippen MR) is 175 cm³/mol. The number of fused-ring (bicyclic) bond motifs is 3. The number of para-hydroxylation sites is 2. The molecule has 1 aliphatic heterocycles. The summed E-state index contributed by atoms with van der Waals surface area (Å²) in [5.41, 5.74) is 4.60. The fourth-order valence-electron chi connectivity index (χ4n) is 5.64. The molecule has 0 fully saturated rings. The molecule has 0 saturated heterocycles. The van der Waals surface area contributed by atoms with E-state index in [1.807, 2.05) is 42.5 Å². The largest absolute Gasteiger partial charge is 0.457 e. The van der Waals surface area contributed by atoms with Gasteiger partial charge in [0.25, 0.3) is 0 Å². The third-order valence-electron chi connectivity index (χ3n) is 7.83. The molecule has 6 nitrogen and oxygen atoms in total. The zero-order valence-corrected chi connectivity index (χ0v) is 24.9. The van der Waals surface area contributed by atoms with Crippen LogP contribution in [0.25, 0.3) is 27.6 Å². The summed E-state index contributed by atoms with van der Waals surface area (Å²) in [7, 11) is 2.15. The maximum Gasteiger partial charge on any atom is 0.219 e. The molecule has 43 heavy (non-hydrogen) atoms. The van der Waals surface area contributed by atoms with E-state index in [0.29, 0.717) is 17.4 Å². The first-order valence-corrected chi connectivity index (χ1v) is 14.5. The van der Waals surface area contributed by atoms with Crippen LogP contribution in [0.3, 0.4) is 0 Å². The average Bonchev–Trinajstić information content (AvgIpc) is 3.54. The van der Waals surface area contributed by atoms with Gasteiger partial charge in [-0.15, -0.1) is 0 Å². The minimum atomic E-state index is -0.0664. The van der Waals surface area contributed by atoms with E-state index in [0.717, 1.165) is 23.9 Å². The fourth-order valence-corrected chi connectivity index (χ4v) is 5.64. The van der Waals surface area contributed by atoms with Crippen molar-refractivity contribution < 1.29 is 9.47 Å². The maximum absolute atomic E-state index is 6.47. The monoisotopic (exact) mass is 566 g/mol. The van der Waals surface area contributed by atoms with E-state index >= 15 is 0 Å². The molecule has 214 valence electrons. The van der Waals surface area contributed by atoms with Crippen LogP contribution in [0.2, 0.25) is 0 Å². The highest BCUT2D eigenvalue weighted by molar-refractivity contribution is 6.10. The molecule has 0 unspecified atom stereocenters. The number of pyridine rings is 1. The molecule has 1 aliphatic rings. The lowest BCUT2D eigenvalue weighted by Crippen LogP contribution is -2.24. The van der Waals surface area contributed by atoms with Gasteiger partial charge in [0.15, 0.2) is 0 Å². The van der Waals surface area contributed by atoms with Gasteiger partial charge in [-0.3, -0.25) is 4.57 Å². The van der Waals surface area contributed by atoms with Crippen molar-refractivity contribution in [3.8, 4) is 23.1 Å². The van der Waals surface area contributed by atoms with Crippen molar-refractivity contribution in [3.05, 3.63) is 127 Å². The van der Waals surface area contributed by atoms with Gasteiger partial charge in [-0.05, 0) is 53.4 Å². The third-order valence-corrected chi connectivity index (χ3v) is 7.83. The molecule has 0 radical (unpaired) electrons. The smallest absolute Gasteiger partial charge is 0.219 e. The number of hydrogen-bond donors (Lipinski definition) is 0. The quantitative estimate of drug-likeness (QED) is 0.201. The van der Waals surface area contributed by atoms with Gasteiger partial charge in [0.1, 0.15) is 23.1 Å². The van der Waals surface area contributed by atoms with Crippen molar-refractivity contribution in [3.63, 3.8) is 0 Å². The molecule has 6 heteroatoms. The number of anilines is 1. The lowest BCUT2D eigenvalue weighted by molar-refractivity contribution is 0.448. The molecular weight excluding hydrogens is 532 g/mol. The predicted octanol–water partition coefficient (Wildman–Crippen LogP) is 9.24. The number of aromatic nitrogens is 2.